The number of rotatable bonds is 7. The van der Waals surface area contributed by atoms with Crippen LogP contribution in [-0.2, 0) is 20.5 Å². The van der Waals surface area contributed by atoms with E-state index in [1.165, 1.54) is 41.8 Å². The van der Waals surface area contributed by atoms with Crippen LogP contribution in [0.4, 0.5) is 23.4 Å². The first kappa shape index (κ1) is 23.2. The van der Waals surface area contributed by atoms with Crippen LogP contribution in [0, 0.1) is 11.2 Å². The number of fused-ring (bicyclic) bond motifs is 1. The first-order valence-corrected chi connectivity index (χ1v) is 9.65. The predicted octanol–water partition coefficient (Wildman–Crippen LogP) is 4.73. The van der Waals surface area contributed by atoms with Crippen molar-refractivity contribution < 1.29 is 31.9 Å². The fourth-order valence-electron chi connectivity index (χ4n) is 3.16. The van der Waals surface area contributed by atoms with E-state index in [1.54, 1.807) is 13.8 Å². The van der Waals surface area contributed by atoms with Crippen LogP contribution < -0.4 is 5.32 Å². The second-order valence-electron chi connectivity index (χ2n) is 7.88. The molecule has 1 N–H and O–H groups in total. The standard InChI is InChI=1S/C22H21F4N3O3/c1-13(31)32-17(21(2,3)12-30)10-27-20-19(29-11-16(23)8-9-18(29)28-20)14-4-6-15(7-5-14)22(24,25)26/h4-9,11-12,17,27H,10H2,1-3H3. The first-order chi connectivity index (χ1) is 14.9. The van der Waals surface area contributed by atoms with Crippen LogP contribution in [0.1, 0.15) is 26.3 Å². The zero-order valence-corrected chi connectivity index (χ0v) is 17.5. The Kier molecular flexibility index (Phi) is 6.25. The van der Waals surface area contributed by atoms with Gasteiger partial charge in [0.25, 0.3) is 0 Å². The highest BCUT2D eigenvalue weighted by molar-refractivity contribution is 5.77. The third-order valence-electron chi connectivity index (χ3n) is 4.96. The van der Waals surface area contributed by atoms with Crippen LogP contribution in [0.15, 0.2) is 42.6 Å². The van der Waals surface area contributed by atoms with Crippen LogP contribution in [0.3, 0.4) is 0 Å². The summed E-state index contributed by atoms with van der Waals surface area (Å²) in [6.07, 6.45) is -3.51. The molecule has 0 aliphatic rings. The molecular formula is C22H21F4N3O3. The van der Waals surface area contributed by atoms with Crippen LogP contribution in [0.25, 0.3) is 16.9 Å². The molecule has 1 unspecified atom stereocenters. The second-order valence-corrected chi connectivity index (χ2v) is 7.88. The number of aromatic nitrogens is 2. The van der Waals surface area contributed by atoms with E-state index in [0.29, 0.717) is 23.2 Å². The second kappa shape index (κ2) is 8.60. The molecule has 2 aromatic heterocycles. The molecule has 6 nitrogen and oxygen atoms in total. The van der Waals surface area contributed by atoms with E-state index in [-0.39, 0.29) is 12.4 Å². The molecule has 1 aromatic carbocycles. The van der Waals surface area contributed by atoms with Crippen molar-refractivity contribution in [2.75, 3.05) is 11.9 Å². The summed E-state index contributed by atoms with van der Waals surface area (Å²) in [7, 11) is 0. The molecule has 3 aromatic rings. The van der Waals surface area contributed by atoms with Gasteiger partial charge in [-0.2, -0.15) is 13.2 Å². The third kappa shape index (κ3) is 4.90. The van der Waals surface area contributed by atoms with Gasteiger partial charge in [0, 0.05) is 18.7 Å². The molecule has 3 rings (SSSR count). The highest BCUT2D eigenvalue weighted by Gasteiger charge is 2.33. The molecule has 0 amide bonds. The van der Waals surface area contributed by atoms with E-state index in [1.807, 2.05) is 0 Å². The summed E-state index contributed by atoms with van der Waals surface area (Å²) in [6.45, 7) is 4.41. The first-order valence-electron chi connectivity index (χ1n) is 9.65. The van der Waals surface area contributed by atoms with E-state index < -0.39 is 35.0 Å². The van der Waals surface area contributed by atoms with Gasteiger partial charge in [-0.25, -0.2) is 9.37 Å². The molecule has 170 valence electrons. The minimum Gasteiger partial charge on any atom is -0.460 e. The minimum absolute atomic E-state index is 0.00861. The zero-order chi connectivity index (χ0) is 23.7. The molecule has 0 saturated heterocycles. The minimum atomic E-state index is -4.50. The third-order valence-corrected chi connectivity index (χ3v) is 4.96. The summed E-state index contributed by atoms with van der Waals surface area (Å²) >= 11 is 0. The largest absolute Gasteiger partial charge is 0.460 e. The van der Waals surface area contributed by atoms with E-state index in [0.717, 1.165) is 12.1 Å². The summed E-state index contributed by atoms with van der Waals surface area (Å²) in [6, 6.07) is 7.01. The van der Waals surface area contributed by atoms with Crippen molar-refractivity contribution in [3.63, 3.8) is 0 Å². The van der Waals surface area contributed by atoms with Crippen LogP contribution >= 0.6 is 0 Å². The number of aldehydes is 1. The molecule has 0 aliphatic heterocycles. The Hall–Kier alpha value is -3.43. The Bertz CT molecular complexity index is 1140. The molecular weight excluding hydrogens is 430 g/mol. The molecule has 10 heteroatoms. The lowest BCUT2D eigenvalue weighted by Gasteiger charge is -2.28. The van der Waals surface area contributed by atoms with E-state index >= 15 is 0 Å². The molecule has 1 atom stereocenters. The Balaban J connectivity index is 2.03. The number of hydrogen-bond acceptors (Lipinski definition) is 5. The maximum Gasteiger partial charge on any atom is 0.416 e. The summed E-state index contributed by atoms with van der Waals surface area (Å²) < 4.78 is 59.5. The monoisotopic (exact) mass is 451 g/mol. The fraction of sp³-hybridized carbons (Fsp3) is 0.318. The normalized spacial score (nSPS) is 13.1. The number of nitrogens with zero attached hydrogens (tertiary/aromatic N) is 2. The number of nitrogens with one attached hydrogen (secondary N) is 1. The lowest BCUT2D eigenvalue weighted by atomic mass is 9.88. The number of imidazole rings is 1. The van der Waals surface area contributed by atoms with E-state index in [4.69, 9.17) is 4.74 Å². The highest BCUT2D eigenvalue weighted by atomic mass is 19.4. The number of ether oxygens (including phenoxy) is 1. The number of esters is 1. The number of pyridine rings is 1. The van der Waals surface area contributed by atoms with Crippen molar-refractivity contribution in [2.45, 2.75) is 33.1 Å². The van der Waals surface area contributed by atoms with Gasteiger partial charge in [-0.05, 0) is 38.1 Å². The van der Waals surface area contributed by atoms with Gasteiger partial charge in [0.1, 0.15) is 23.9 Å². The van der Waals surface area contributed by atoms with Gasteiger partial charge in [-0.3, -0.25) is 9.20 Å². The van der Waals surface area contributed by atoms with Gasteiger partial charge in [-0.15, -0.1) is 0 Å². The van der Waals surface area contributed by atoms with Gasteiger partial charge in [0.05, 0.1) is 23.2 Å². The van der Waals surface area contributed by atoms with E-state index in [2.05, 4.69) is 10.3 Å². The number of halogens is 4. The number of benzene rings is 1. The average Bonchev–Trinajstić information content (AvgIpc) is 3.07. The Labute approximate surface area is 181 Å². The predicted molar refractivity (Wildman–Crippen MR) is 109 cm³/mol. The molecule has 0 fully saturated rings. The number of hydrogen-bond donors (Lipinski definition) is 1. The zero-order valence-electron chi connectivity index (χ0n) is 17.5. The lowest BCUT2D eigenvalue weighted by molar-refractivity contribution is -0.152. The Morgan fingerprint density at radius 3 is 2.41 bits per heavy atom. The van der Waals surface area contributed by atoms with Crippen LogP contribution in [-0.4, -0.2) is 34.3 Å². The lowest BCUT2D eigenvalue weighted by Crippen LogP contribution is -2.40. The molecule has 32 heavy (non-hydrogen) atoms. The van der Waals surface area contributed by atoms with Crippen LogP contribution in [0.5, 0.6) is 0 Å². The van der Waals surface area contributed by atoms with E-state index in [9.17, 15) is 27.2 Å². The maximum absolute atomic E-state index is 13.9. The van der Waals surface area contributed by atoms with Crippen LogP contribution in [0.2, 0.25) is 0 Å². The molecule has 0 spiro atoms. The van der Waals surface area contributed by atoms with Gasteiger partial charge in [0.2, 0.25) is 0 Å². The van der Waals surface area contributed by atoms with Gasteiger partial charge in [-0.1, -0.05) is 12.1 Å². The summed E-state index contributed by atoms with van der Waals surface area (Å²) in [5.41, 5.74) is -0.810. The smallest absolute Gasteiger partial charge is 0.416 e. The SMILES string of the molecule is CC(=O)OC(CNc1nc2ccc(F)cn2c1-c1ccc(C(F)(F)F)cc1)C(C)(C)C=O. The Morgan fingerprint density at radius 1 is 1.19 bits per heavy atom. The van der Waals surface area contributed by atoms with Gasteiger partial charge >= 0.3 is 12.1 Å². The van der Waals surface area contributed by atoms with Gasteiger partial charge in [0.15, 0.2) is 5.82 Å². The number of carbonyl (C=O) groups excluding carboxylic acids is 2. The molecule has 0 aliphatic carbocycles. The number of anilines is 1. The average molecular weight is 451 g/mol. The topological polar surface area (TPSA) is 72.7 Å². The Morgan fingerprint density at radius 2 is 1.84 bits per heavy atom. The molecule has 0 bridgehead atoms. The number of alkyl halides is 3. The number of carbonyl (C=O) groups is 2. The molecule has 0 saturated carbocycles. The van der Waals surface area contributed by atoms with Crippen molar-refractivity contribution in [1.82, 2.24) is 9.38 Å². The van der Waals surface area contributed by atoms with Crippen molar-refractivity contribution >= 4 is 23.7 Å². The van der Waals surface area contributed by atoms with Crippen molar-refractivity contribution in [3.05, 3.63) is 54.0 Å². The van der Waals surface area contributed by atoms with Crippen molar-refractivity contribution in [1.29, 1.82) is 0 Å². The van der Waals surface area contributed by atoms with Crippen molar-refractivity contribution in [2.24, 2.45) is 5.41 Å². The maximum atomic E-state index is 13.9. The molecule has 2 heterocycles. The quantitative estimate of drug-likeness (QED) is 0.320. The summed E-state index contributed by atoms with van der Waals surface area (Å²) in [5, 5.41) is 3.00. The fourth-order valence-corrected chi connectivity index (χ4v) is 3.16. The summed E-state index contributed by atoms with van der Waals surface area (Å²) in [4.78, 5) is 27.4. The summed E-state index contributed by atoms with van der Waals surface area (Å²) in [5.74, 6) is -0.907. The van der Waals surface area contributed by atoms with Crippen molar-refractivity contribution in [3.8, 4) is 11.3 Å². The molecule has 0 radical (unpaired) electrons. The van der Waals surface area contributed by atoms with Gasteiger partial charge < -0.3 is 14.8 Å². The highest BCUT2D eigenvalue weighted by Crippen LogP contribution is 2.34.